The third-order valence-electron chi connectivity index (χ3n) is 5.01. The van der Waals surface area contributed by atoms with Crippen molar-refractivity contribution in [1.29, 1.82) is 0 Å². The lowest BCUT2D eigenvalue weighted by atomic mass is 10.1. The third kappa shape index (κ3) is 4.44. The van der Waals surface area contributed by atoms with E-state index in [9.17, 15) is 0 Å². The van der Waals surface area contributed by atoms with E-state index in [1.54, 1.807) is 11.3 Å². The van der Waals surface area contributed by atoms with E-state index in [1.165, 1.54) is 0 Å². The zero-order chi connectivity index (χ0) is 21.9. The lowest BCUT2D eigenvalue weighted by Crippen LogP contribution is -2.38. The Balaban J connectivity index is 1.65. The minimum Gasteiger partial charge on any atom is -0.336 e. The van der Waals surface area contributed by atoms with Crippen LogP contribution in [0.3, 0.4) is 0 Å². The van der Waals surface area contributed by atoms with E-state index < -0.39 is 0 Å². The van der Waals surface area contributed by atoms with Crippen molar-refractivity contribution in [2.45, 2.75) is 13.1 Å². The number of nitrogens with zero attached hydrogens (tertiary/aromatic N) is 4. The molecule has 1 atom stereocenters. The van der Waals surface area contributed by atoms with Gasteiger partial charge in [-0.15, -0.1) is 11.3 Å². The molecule has 0 fully saturated rings. The Bertz CT molecular complexity index is 1280. The van der Waals surface area contributed by atoms with Crippen molar-refractivity contribution in [2.75, 3.05) is 5.32 Å². The Morgan fingerprint density at radius 1 is 1.03 bits per heavy atom. The van der Waals surface area contributed by atoms with E-state index >= 15 is 0 Å². The smallest absolute Gasteiger partial charge is 0.184 e. The predicted molar refractivity (Wildman–Crippen MR) is 141 cm³/mol. The van der Waals surface area contributed by atoms with E-state index in [-0.39, 0.29) is 6.17 Å². The van der Waals surface area contributed by atoms with Crippen LogP contribution < -0.4 is 5.32 Å². The first kappa shape index (κ1) is 20.8. The van der Waals surface area contributed by atoms with Gasteiger partial charge in [-0.25, -0.2) is 15.0 Å². The largest absolute Gasteiger partial charge is 0.336 e. The Morgan fingerprint density at radius 2 is 1.78 bits per heavy atom. The van der Waals surface area contributed by atoms with Gasteiger partial charge in [-0.05, 0) is 53.3 Å². The summed E-state index contributed by atoms with van der Waals surface area (Å²) in [5.41, 5.74) is 5.02. The molecule has 0 aliphatic carbocycles. The fraction of sp³-hybridized carbons (Fsp3) is 0.0800. The molecule has 4 aromatic rings. The van der Waals surface area contributed by atoms with Crippen molar-refractivity contribution in [3.63, 3.8) is 0 Å². The molecule has 1 unspecified atom stereocenters. The summed E-state index contributed by atoms with van der Waals surface area (Å²) >= 11 is 3.93. The van der Waals surface area contributed by atoms with Crippen LogP contribution in [0, 0.1) is 10.5 Å². The number of aryl methyl sites for hydroxylation is 1. The van der Waals surface area contributed by atoms with Gasteiger partial charge in [0.15, 0.2) is 17.1 Å². The van der Waals surface area contributed by atoms with Crippen LogP contribution in [0.5, 0.6) is 0 Å². The lowest BCUT2D eigenvalue weighted by Gasteiger charge is -2.35. The standard InChI is InChI=1S/C25H20IN5S/c1-17-16-32-25(28-17)30-24-21-14-20(26)12-13-22(21)29-23(19-10-6-3-7-11-19)31(24)27-15-18-8-4-2-5-9-18/h2-16,24H,1H3,(H,28,30)/b27-15+. The SMILES string of the molecule is Cc1csc(NC2c3cc(I)ccc3N=C(c3ccccc3)N2/N=C/c2ccccc2)n1. The number of anilines is 1. The lowest BCUT2D eigenvalue weighted by molar-refractivity contribution is 0.360. The van der Waals surface area contributed by atoms with E-state index in [2.05, 4.69) is 63.2 Å². The number of thiazole rings is 1. The molecule has 1 aromatic heterocycles. The fourth-order valence-corrected chi connectivity index (χ4v) is 4.74. The highest BCUT2D eigenvalue weighted by Crippen LogP contribution is 2.38. The van der Waals surface area contributed by atoms with Crippen LogP contribution in [0.4, 0.5) is 10.8 Å². The molecule has 32 heavy (non-hydrogen) atoms. The Kier molecular flexibility index (Phi) is 6.00. The van der Waals surface area contributed by atoms with Crippen molar-refractivity contribution in [3.8, 4) is 0 Å². The van der Waals surface area contributed by atoms with Crippen LogP contribution in [0.2, 0.25) is 0 Å². The van der Waals surface area contributed by atoms with Crippen molar-refractivity contribution in [2.24, 2.45) is 10.1 Å². The topological polar surface area (TPSA) is 52.9 Å². The van der Waals surface area contributed by atoms with Crippen LogP contribution in [-0.2, 0) is 0 Å². The van der Waals surface area contributed by atoms with Gasteiger partial charge in [0.2, 0.25) is 0 Å². The van der Waals surface area contributed by atoms with Crippen molar-refractivity contribution >= 4 is 56.8 Å². The van der Waals surface area contributed by atoms with Crippen LogP contribution in [0.25, 0.3) is 0 Å². The number of halogens is 1. The van der Waals surface area contributed by atoms with Crippen molar-refractivity contribution < 1.29 is 0 Å². The molecule has 0 bridgehead atoms. The molecular weight excluding hydrogens is 529 g/mol. The first-order valence-electron chi connectivity index (χ1n) is 10.2. The van der Waals surface area contributed by atoms with Crippen molar-refractivity contribution in [1.82, 2.24) is 9.99 Å². The molecule has 3 aromatic carbocycles. The minimum absolute atomic E-state index is 0.252. The van der Waals surface area contributed by atoms with Gasteiger partial charge < -0.3 is 5.32 Å². The summed E-state index contributed by atoms with van der Waals surface area (Å²) in [5.74, 6) is 0.789. The molecule has 0 radical (unpaired) electrons. The van der Waals surface area contributed by atoms with Gasteiger partial charge in [0.05, 0.1) is 17.6 Å². The van der Waals surface area contributed by atoms with Crippen molar-refractivity contribution in [3.05, 3.63) is 110 Å². The highest BCUT2D eigenvalue weighted by Gasteiger charge is 2.31. The number of aromatic nitrogens is 1. The number of hydrogen-bond acceptors (Lipinski definition) is 6. The van der Waals surface area contributed by atoms with E-state index in [4.69, 9.17) is 10.1 Å². The summed E-state index contributed by atoms with van der Waals surface area (Å²) in [6.45, 7) is 2.00. The number of benzene rings is 3. The highest BCUT2D eigenvalue weighted by atomic mass is 127. The summed E-state index contributed by atoms with van der Waals surface area (Å²) in [6, 6.07) is 26.6. The Morgan fingerprint density at radius 3 is 2.50 bits per heavy atom. The number of rotatable bonds is 5. The number of nitrogens with one attached hydrogen (secondary N) is 1. The average molecular weight is 549 g/mol. The fourth-order valence-electron chi connectivity index (χ4n) is 3.52. The van der Waals surface area contributed by atoms with Gasteiger partial charge >= 0.3 is 0 Å². The van der Waals surface area contributed by atoms with Gasteiger partial charge in [-0.1, -0.05) is 60.7 Å². The second kappa shape index (κ2) is 9.22. The quantitative estimate of drug-likeness (QED) is 0.226. The first-order valence-corrected chi connectivity index (χ1v) is 12.1. The molecule has 1 aliphatic rings. The second-order valence-corrected chi connectivity index (χ2v) is 9.45. The normalized spacial score (nSPS) is 15.5. The molecule has 0 spiro atoms. The van der Waals surface area contributed by atoms with Gasteiger partial charge in [0.1, 0.15) is 0 Å². The first-order chi connectivity index (χ1) is 15.7. The highest BCUT2D eigenvalue weighted by molar-refractivity contribution is 14.1. The summed E-state index contributed by atoms with van der Waals surface area (Å²) in [7, 11) is 0. The number of aliphatic imine (C=N–C) groups is 1. The van der Waals surface area contributed by atoms with Gasteiger partial charge in [0, 0.05) is 20.1 Å². The number of amidine groups is 1. The molecule has 5 rings (SSSR count). The monoisotopic (exact) mass is 549 g/mol. The number of hydrazone groups is 1. The molecule has 158 valence electrons. The minimum atomic E-state index is -0.252. The molecule has 1 N–H and O–H groups in total. The van der Waals surface area contributed by atoms with Gasteiger partial charge in [-0.3, -0.25) is 0 Å². The zero-order valence-electron chi connectivity index (χ0n) is 17.3. The zero-order valence-corrected chi connectivity index (χ0v) is 20.3. The molecule has 1 aliphatic heterocycles. The van der Waals surface area contributed by atoms with E-state index in [0.717, 1.165) is 42.6 Å². The predicted octanol–water partition coefficient (Wildman–Crippen LogP) is 6.59. The maximum Gasteiger partial charge on any atom is 0.184 e. The molecule has 7 heteroatoms. The van der Waals surface area contributed by atoms with E-state index in [0.29, 0.717) is 0 Å². The average Bonchev–Trinajstić information content (AvgIpc) is 3.24. The van der Waals surface area contributed by atoms with Crippen LogP contribution in [-0.4, -0.2) is 22.0 Å². The number of hydrogen-bond donors (Lipinski definition) is 1. The molecule has 0 saturated carbocycles. The summed E-state index contributed by atoms with van der Waals surface area (Å²) in [5, 5.41) is 13.4. The summed E-state index contributed by atoms with van der Waals surface area (Å²) in [6.07, 6.45) is 1.62. The van der Waals surface area contributed by atoms with Crippen LogP contribution in [0.15, 0.2) is 94.3 Å². The maximum atomic E-state index is 5.02. The third-order valence-corrected chi connectivity index (χ3v) is 6.58. The molecule has 5 nitrogen and oxygen atoms in total. The molecule has 0 saturated heterocycles. The number of fused-ring (bicyclic) bond motifs is 1. The van der Waals surface area contributed by atoms with Gasteiger partial charge in [0.25, 0.3) is 0 Å². The summed E-state index contributed by atoms with van der Waals surface area (Å²) < 4.78 is 1.15. The van der Waals surface area contributed by atoms with Gasteiger partial charge in [-0.2, -0.15) is 5.10 Å². The molecular formula is C25H20IN5S. The maximum absolute atomic E-state index is 5.02. The molecule has 0 amide bonds. The molecule has 2 heterocycles. The van der Waals surface area contributed by atoms with Crippen LogP contribution in [0.1, 0.15) is 28.6 Å². The Labute approximate surface area is 204 Å². The van der Waals surface area contributed by atoms with E-state index in [1.807, 2.05) is 72.1 Å². The summed E-state index contributed by atoms with van der Waals surface area (Å²) in [4.78, 5) is 9.65. The Hall–Kier alpha value is -3.04. The van der Waals surface area contributed by atoms with Crippen LogP contribution >= 0.6 is 33.9 Å². The second-order valence-electron chi connectivity index (χ2n) is 7.35.